The second-order valence-corrected chi connectivity index (χ2v) is 6.88. The minimum Gasteiger partial charge on any atom is -0.493 e. The van der Waals surface area contributed by atoms with E-state index in [4.69, 9.17) is 14.2 Å². The fraction of sp³-hybridized carbons (Fsp3) is 0.500. The van der Waals surface area contributed by atoms with Gasteiger partial charge in [0.05, 0.1) is 20.8 Å². The zero-order chi connectivity index (χ0) is 18.9. The maximum Gasteiger partial charge on any atom is 0.203 e. The third-order valence-corrected chi connectivity index (χ3v) is 5.15. The van der Waals surface area contributed by atoms with Crippen LogP contribution in [0.1, 0.15) is 43.7 Å². The summed E-state index contributed by atoms with van der Waals surface area (Å²) in [4.78, 5) is 6.90. The minimum atomic E-state index is 0.502. The van der Waals surface area contributed by atoms with Crippen molar-refractivity contribution in [3.8, 4) is 17.2 Å². The van der Waals surface area contributed by atoms with Gasteiger partial charge in [0.25, 0.3) is 0 Å². The molecule has 1 atom stereocenters. The molecule has 2 aromatic rings. The van der Waals surface area contributed by atoms with Gasteiger partial charge in [0.1, 0.15) is 0 Å². The van der Waals surface area contributed by atoms with Crippen molar-refractivity contribution >= 4 is 0 Å². The monoisotopic (exact) mass is 370 g/mol. The zero-order valence-electron chi connectivity index (χ0n) is 16.4. The van der Waals surface area contributed by atoms with E-state index in [1.807, 2.05) is 36.7 Å². The number of likely N-dealkylation sites (tertiary alicyclic amines) is 1. The van der Waals surface area contributed by atoms with Crippen molar-refractivity contribution in [2.24, 2.45) is 0 Å². The van der Waals surface area contributed by atoms with Gasteiger partial charge in [-0.15, -0.1) is 0 Å². The number of hydrogen-bond acceptors (Lipinski definition) is 5. The van der Waals surface area contributed by atoms with Crippen molar-refractivity contribution in [1.29, 1.82) is 0 Å². The Hall–Kier alpha value is -2.27. The summed E-state index contributed by atoms with van der Waals surface area (Å²) in [6, 6.07) is 10.4. The molecule has 0 bridgehead atoms. The first-order valence-corrected chi connectivity index (χ1v) is 9.81. The molecule has 1 aromatic heterocycles. The first-order valence-electron chi connectivity index (χ1n) is 9.81. The summed E-state index contributed by atoms with van der Waals surface area (Å²) in [5.41, 5.74) is 1.34. The Morgan fingerprint density at radius 3 is 2.56 bits per heavy atom. The molecule has 0 saturated carbocycles. The van der Waals surface area contributed by atoms with Crippen LogP contribution in [0.15, 0.2) is 42.7 Å². The van der Waals surface area contributed by atoms with Crippen LogP contribution in [0.25, 0.3) is 0 Å². The van der Waals surface area contributed by atoms with Crippen LogP contribution in [-0.4, -0.2) is 43.8 Å². The Kier molecular flexibility index (Phi) is 7.34. The van der Waals surface area contributed by atoms with E-state index >= 15 is 0 Å². The highest BCUT2D eigenvalue weighted by molar-refractivity contribution is 5.51. The van der Waals surface area contributed by atoms with Crippen LogP contribution < -0.4 is 14.2 Å². The molecule has 1 saturated heterocycles. The number of benzene rings is 1. The molecule has 1 aliphatic rings. The molecule has 0 radical (unpaired) electrons. The molecule has 0 N–H and O–H groups in total. The summed E-state index contributed by atoms with van der Waals surface area (Å²) in [6.45, 7) is 2.91. The number of piperidine rings is 1. The van der Waals surface area contributed by atoms with Gasteiger partial charge in [-0.3, -0.25) is 9.88 Å². The lowest BCUT2D eigenvalue weighted by molar-refractivity contribution is 0.142. The summed E-state index contributed by atoms with van der Waals surface area (Å²) >= 11 is 0. The molecule has 27 heavy (non-hydrogen) atoms. The molecule has 3 rings (SSSR count). The standard InChI is InChI=1S/C22H30N2O3/c1-25-20-11-7-12-21(26-2)22(20)27-16-6-5-15-24-14-4-3-10-19(24)18-9-8-13-23-17-18/h7-9,11-13,17,19H,3-6,10,14-16H2,1-2H3/t19-/m1/s1. The van der Waals surface area contributed by atoms with Crippen LogP contribution in [-0.2, 0) is 0 Å². The van der Waals surface area contributed by atoms with Crippen LogP contribution in [0.2, 0.25) is 0 Å². The van der Waals surface area contributed by atoms with Crippen molar-refractivity contribution in [2.45, 2.75) is 38.1 Å². The van der Waals surface area contributed by atoms with Gasteiger partial charge >= 0.3 is 0 Å². The van der Waals surface area contributed by atoms with Gasteiger partial charge in [0.15, 0.2) is 11.5 Å². The molecular weight excluding hydrogens is 340 g/mol. The van der Waals surface area contributed by atoms with Crippen molar-refractivity contribution < 1.29 is 14.2 Å². The average Bonchev–Trinajstić information content (AvgIpc) is 2.74. The molecular formula is C22H30N2O3. The molecule has 5 heteroatoms. The number of hydrogen-bond donors (Lipinski definition) is 0. The van der Waals surface area contributed by atoms with Gasteiger partial charge in [-0.1, -0.05) is 18.6 Å². The fourth-order valence-corrected chi connectivity index (χ4v) is 3.76. The predicted molar refractivity (Wildman–Crippen MR) is 107 cm³/mol. The lowest BCUT2D eigenvalue weighted by Gasteiger charge is -2.35. The van der Waals surface area contributed by atoms with Gasteiger partial charge in [-0.25, -0.2) is 0 Å². The summed E-state index contributed by atoms with van der Waals surface area (Å²) in [5.74, 6) is 2.11. The number of rotatable bonds is 9. The molecule has 5 nitrogen and oxygen atoms in total. The number of ether oxygens (including phenoxy) is 3. The highest BCUT2D eigenvalue weighted by Crippen LogP contribution is 2.37. The number of aromatic nitrogens is 1. The fourth-order valence-electron chi connectivity index (χ4n) is 3.76. The highest BCUT2D eigenvalue weighted by Gasteiger charge is 2.23. The minimum absolute atomic E-state index is 0.502. The van der Waals surface area contributed by atoms with E-state index in [1.165, 1.54) is 31.4 Å². The summed E-state index contributed by atoms with van der Waals surface area (Å²) in [5, 5.41) is 0. The molecule has 0 unspecified atom stereocenters. The molecule has 0 spiro atoms. The molecule has 0 aliphatic carbocycles. The van der Waals surface area contributed by atoms with Gasteiger partial charge in [0.2, 0.25) is 5.75 Å². The highest BCUT2D eigenvalue weighted by atomic mass is 16.5. The van der Waals surface area contributed by atoms with Crippen LogP contribution in [0.3, 0.4) is 0 Å². The van der Waals surface area contributed by atoms with E-state index < -0.39 is 0 Å². The maximum atomic E-state index is 5.97. The van der Waals surface area contributed by atoms with Crippen molar-refractivity contribution in [3.63, 3.8) is 0 Å². The number of nitrogens with zero attached hydrogens (tertiary/aromatic N) is 2. The van der Waals surface area contributed by atoms with Crippen LogP contribution in [0.4, 0.5) is 0 Å². The van der Waals surface area contributed by atoms with Crippen molar-refractivity contribution in [2.75, 3.05) is 33.9 Å². The summed E-state index contributed by atoms with van der Waals surface area (Å²) < 4.78 is 16.7. The lowest BCUT2D eigenvalue weighted by Crippen LogP contribution is -2.34. The predicted octanol–water partition coefficient (Wildman–Crippen LogP) is 4.49. The number of pyridine rings is 1. The third kappa shape index (κ3) is 5.13. The van der Waals surface area contributed by atoms with Crippen molar-refractivity contribution in [1.82, 2.24) is 9.88 Å². The van der Waals surface area contributed by atoms with E-state index in [0.717, 1.165) is 19.4 Å². The van der Waals surface area contributed by atoms with Crippen LogP contribution in [0, 0.1) is 0 Å². The Balaban J connectivity index is 1.48. The largest absolute Gasteiger partial charge is 0.493 e. The first kappa shape index (κ1) is 19.5. The molecule has 146 valence electrons. The zero-order valence-corrected chi connectivity index (χ0v) is 16.4. The third-order valence-electron chi connectivity index (χ3n) is 5.15. The Labute approximate surface area is 162 Å². The molecule has 1 fully saturated rings. The topological polar surface area (TPSA) is 43.8 Å². The maximum absolute atomic E-state index is 5.97. The lowest BCUT2D eigenvalue weighted by atomic mass is 9.96. The molecule has 2 heterocycles. The Morgan fingerprint density at radius 2 is 1.85 bits per heavy atom. The summed E-state index contributed by atoms with van der Waals surface area (Å²) in [7, 11) is 3.30. The van der Waals surface area contributed by atoms with Gasteiger partial charge in [0, 0.05) is 18.4 Å². The van der Waals surface area contributed by atoms with E-state index in [9.17, 15) is 0 Å². The van der Waals surface area contributed by atoms with Gasteiger partial charge < -0.3 is 14.2 Å². The normalized spacial score (nSPS) is 17.5. The van der Waals surface area contributed by atoms with E-state index in [-0.39, 0.29) is 0 Å². The van der Waals surface area contributed by atoms with E-state index in [0.29, 0.717) is 29.9 Å². The Morgan fingerprint density at radius 1 is 1.04 bits per heavy atom. The van der Waals surface area contributed by atoms with Crippen LogP contribution in [0.5, 0.6) is 17.2 Å². The Bertz CT molecular complexity index is 671. The first-order chi connectivity index (χ1) is 13.3. The van der Waals surface area contributed by atoms with E-state index in [2.05, 4.69) is 16.0 Å². The average molecular weight is 370 g/mol. The second kappa shape index (κ2) is 10.2. The second-order valence-electron chi connectivity index (χ2n) is 6.88. The van der Waals surface area contributed by atoms with Gasteiger partial charge in [-0.05, 0) is 62.5 Å². The van der Waals surface area contributed by atoms with Gasteiger partial charge in [-0.2, -0.15) is 0 Å². The van der Waals surface area contributed by atoms with Crippen molar-refractivity contribution in [3.05, 3.63) is 48.3 Å². The molecule has 0 amide bonds. The van der Waals surface area contributed by atoms with Crippen LogP contribution >= 0.6 is 0 Å². The van der Waals surface area contributed by atoms with E-state index in [1.54, 1.807) is 14.2 Å². The number of para-hydroxylation sites is 1. The summed E-state index contributed by atoms with van der Waals surface area (Å²) in [6.07, 6.45) is 9.77. The number of unbranched alkanes of at least 4 members (excludes halogenated alkanes) is 1. The number of methoxy groups -OCH3 is 2. The molecule has 1 aromatic carbocycles. The smallest absolute Gasteiger partial charge is 0.203 e. The quantitative estimate of drug-likeness (QED) is 0.609. The SMILES string of the molecule is COc1cccc(OC)c1OCCCCN1CCCC[C@@H]1c1cccnc1. The molecule has 1 aliphatic heterocycles.